The second-order valence-corrected chi connectivity index (χ2v) is 8.85. The molecule has 1 unspecified atom stereocenters. The van der Waals surface area contributed by atoms with Gasteiger partial charge in [0.1, 0.15) is 17.3 Å². The smallest absolute Gasteiger partial charge is 0.173 e. The Morgan fingerprint density at radius 3 is 2.73 bits per heavy atom. The molecule has 3 N–H and O–H groups in total. The highest BCUT2D eigenvalue weighted by Gasteiger charge is 2.54. The van der Waals surface area contributed by atoms with Crippen LogP contribution in [0.25, 0.3) is 32.9 Å². The first-order valence-corrected chi connectivity index (χ1v) is 10.9. The van der Waals surface area contributed by atoms with Crippen LogP contribution in [0.2, 0.25) is 0 Å². The predicted octanol–water partition coefficient (Wildman–Crippen LogP) is 3.75. The Morgan fingerprint density at radius 1 is 1.21 bits per heavy atom. The van der Waals surface area contributed by atoms with Crippen LogP contribution in [0.4, 0.5) is 8.78 Å². The highest BCUT2D eigenvalue weighted by molar-refractivity contribution is 6.02. The van der Waals surface area contributed by atoms with E-state index in [9.17, 15) is 14.6 Å². The van der Waals surface area contributed by atoms with E-state index in [1.54, 1.807) is 10.8 Å². The molecule has 1 aliphatic heterocycles. The van der Waals surface area contributed by atoms with Gasteiger partial charge in [-0.2, -0.15) is 0 Å². The highest BCUT2D eigenvalue weighted by Crippen LogP contribution is 2.57. The van der Waals surface area contributed by atoms with Crippen LogP contribution < -0.4 is 5.32 Å². The summed E-state index contributed by atoms with van der Waals surface area (Å²) in [5.41, 5.74) is 1.59. The number of halogens is 2. The van der Waals surface area contributed by atoms with E-state index in [0.717, 1.165) is 24.0 Å². The fourth-order valence-electron chi connectivity index (χ4n) is 5.64. The number of nitrogens with one attached hydrogen (secondary N) is 1. The molecule has 4 aromatic rings. The van der Waals surface area contributed by atoms with E-state index in [4.69, 9.17) is 6.42 Å². The fourth-order valence-corrected chi connectivity index (χ4v) is 5.64. The molecule has 1 saturated carbocycles. The number of aliphatic hydroxyl groups is 1. The molecule has 5 nitrogen and oxygen atoms in total. The number of piperidine rings is 1. The molecule has 1 saturated heterocycles. The number of phenols is 1. The molecule has 7 heteroatoms. The zero-order valence-electron chi connectivity index (χ0n) is 17.6. The SMILES string of the molecule is C#Cc1c(F)ccc2cc(O)cc(-c3ncc4c(C5[C@H]6CNC[C@@H]56)cn(CCO)c4c3F)c12. The molecule has 2 aromatic carbocycles. The number of phenolic OH excluding ortho intramolecular Hbond substituents is 1. The minimum Gasteiger partial charge on any atom is -0.508 e. The maximum Gasteiger partial charge on any atom is 0.173 e. The quantitative estimate of drug-likeness (QED) is 0.419. The Bertz CT molecular complexity index is 1480. The second kappa shape index (κ2) is 7.27. The first-order valence-electron chi connectivity index (χ1n) is 10.9. The Balaban J connectivity index is 1.61. The van der Waals surface area contributed by atoms with Gasteiger partial charge in [-0.15, -0.1) is 6.42 Å². The number of aromatic nitrogens is 2. The number of terminal acetylenes is 1. The van der Waals surface area contributed by atoms with E-state index in [1.165, 1.54) is 24.3 Å². The molecule has 2 aromatic heterocycles. The Morgan fingerprint density at radius 2 is 2.00 bits per heavy atom. The standard InChI is InChI=1S/C26H21F2N3O2/c1-2-15-21(27)4-3-13-7-14(33)8-16(22(13)15)25-24(28)26-19(11-30-25)20(12-31(26)5-6-32)23-17-9-29-10-18(17)23/h1,3-4,7-8,11-12,17-18,23,29,32-33H,5-6,9-10H2/t17-,18+,23?. The van der Waals surface area contributed by atoms with Crippen LogP contribution >= 0.6 is 0 Å². The average Bonchev–Trinajstić information content (AvgIpc) is 3.11. The van der Waals surface area contributed by atoms with Crippen molar-refractivity contribution >= 4 is 21.7 Å². The highest BCUT2D eigenvalue weighted by atomic mass is 19.1. The van der Waals surface area contributed by atoms with Gasteiger partial charge < -0.3 is 20.1 Å². The minimum absolute atomic E-state index is 0.00599. The van der Waals surface area contributed by atoms with Crippen LogP contribution in [0.5, 0.6) is 5.75 Å². The summed E-state index contributed by atoms with van der Waals surface area (Å²) in [4.78, 5) is 4.44. The van der Waals surface area contributed by atoms with Gasteiger partial charge in [-0.3, -0.25) is 4.98 Å². The van der Waals surface area contributed by atoms with Gasteiger partial charge in [-0.1, -0.05) is 12.0 Å². The van der Waals surface area contributed by atoms with Crippen LogP contribution in [0, 0.1) is 35.8 Å². The third kappa shape index (κ3) is 2.88. The number of aliphatic hydroxyl groups excluding tert-OH is 1. The number of nitrogens with zero attached hydrogens (tertiary/aromatic N) is 2. The van der Waals surface area contributed by atoms with Crippen molar-refractivity contribution in [1.82, 2.24) is 14.9 Å². The molecule has 0 bridgehead atoms. The number of benzene rings is 2. The molecule has 0 spiro atoms. The predicted molar refractivity (Wildman–Crippen MR) is 122 cm³/mol. The van der Waals surface area contributed by atoms with Crippen molar-refractivity contribution in [1.29, 1.82) is 0 Å². The molecule has 166 valence electrons. The van der Waals surface area contributed by atoms with Crippen molar-refractivity contribution in [2.75, 3.05) is 19.7 Å². The van der Waals surface area contributed by atoms with Crippen molar-refractivity contribution in [2.24, 2.45) is 11.8 Å². The normalized spacial score (nSPS) is 21.5. The van der Waals surface area contributed by atoms with Crippen molar-refractivity contribution in [3.05, 3.63) is 59.4 Å². The molecule has 3 atom stereocenters. The minimum atomic E-state index is -0.599. The summed E-state index contributed by atoms with van der Waals surface area (Å²) in [6.07, 6.45) is 9.14. The molecular weight excluding hydrogens is 424 g/mol. The Kier molecular flexibility index (Phi) is 4.44. The van der Waals surface area contributed by atoms with E-state index < -0.39 is 11.6 Å². The first kappa shape index (κ1) is 20.2. The molecule has 1 aliphatic carbocycles. The lowest BCUT2D eigenvalue weighted by Gasteiger charge is -2.12. The zero-order chi connectivity index (χ0) is 22.9. The van der Waals surface area contributed by atoms with E-state index in [2.05, 4.69) is 16.2 Å². The van der Waals surface area contributed by atoms with Gasteiger partial charge in [0.15, 0.2) is 5.82 Å². The molecule has 2 aliphatic rings. The van der Waals surface area contributed by atoms with Gasteiger partial charge in [-0.25, -0.2) is 8.78 Å². The summed E-state index contributed by atoms with van der Waals surface area (Å²) >= 11 is 0. The van der Waals surface area contributed by atoms with Gasteiger partial charge in [-0.05, 0) is 60.0 Å². The fraction of sp³-hybridized carbons (Fsp3) is 0.269. The summed E-state index contributed by atoms with van der Waals surface area (Å²) in [6, 6.07) is 5.55. The average molecular weight is 445 g/mol. The van der Waals surface area contributed by atoms with Gasteiger partial charge >= 0.3 is 0 Å². The summed E-state index contributed by atoms with van der Waals surface area (Å²) in [7, 11) is 0. The van der Waals surface area contributed by atoms with Crippen LogP contribution in [0.3, 0.4) is 0 Å². The molecule has 6 rings (SSSR count). The summed E-state index contributed by atoms with van der Waals surface area (Å²) in [5.74, 6) is 2.50. The number of hydrogen-bond acceptors (Lipinski definition) is 4. The summed E-state index contributed by atoms with van der Waals surface area (Å²) in [6.45, 7) is 2.00. The maximum absolute atomic E-state index is 16.1. The van der Waals surface area contributed by atoms with Gasteiger partial charge in [0.2, 0.25) is 0 Å². The topological polar surface area (TPSA) is 70.3 Å². The Labute approximate surface area is 188 Å². The van der Waals surface area contributed by atoms with Crippen molar-refractivity contribution in [3.63, 3.8) is 0 Å². The van der Waals surface area contributed by atoms with Crippen molar-refractivity contribution in [3.8, 4) is 29.4 Å². The second-order valence-electron chi connectivity index (χ2n) is 8.85. The number of fused-ring (bicyclic) bond motifs is 3. The number of hydrogen-bond donors (Lipinski definition) is 3. The van der Waals surface area contributed by atoms with Gasteiger partial charge in [0, 0.05) is 35.3 Å². The lowest BCUT2D eigenvalue weighted by Crippen LogP contribution is -2.13. The zero-order valence-corrected chi connectivity index (χ0v) is 17.6. The van der Waals surface area contributed by atoms with E-state index >= 15 is 4.39 Å². The van der Waals surface area contributed by atoms with Crippen LogP contribution in [-0.4, -0.2) is 39.5 Å². The third-order valence-corrected chi connectivity index (χ3v) is 7.13. The van der Waals surface area contributed by atoms with Crippen LogP contribution in [-0.2, 0) is 6.54 Å². The monoisotopic (exact) mass is 445 g/mol. The lowest BCUT2D eigenvalue weighted by molar-refractivity contribution is 0.277. The van der Waals surface area contributed by atoms with Crippen LogP contribution in [0.15, 0.2) is 36.7 Å². The Hall–Kier alpha value is -3.47. The largest absolute Gasteiger partial charge is 0.508 e. The van der Waals surface area contributed by atoms with Crippen LogP contribution in [0.1, 0.15) is 17.0 Å². The molecule has 0 amide bonds. The first-order chi connectivity index (χ1) is 16.0. The third-order valence-electron chi connectivity index (χ3n) is 7.13. The molecule has 2 fully saturated rings. The summed E-state index contributed by atoms with van der Waals surface area (Å²) < 4.78 is 32.3. The number of pyridine rings is 1. The maximum atomic E-state index is 16.1. The molecular formula is C26H21F2N3O2. The number of rotatable bonds is 4. The van der Waals surface area contributed by atoms with E-state index in [1.807, 2.05) is 6.20 Å². The van der Waals surface area contributed by atoms with Crippen molar-refractivity contribution in [2.45, 2.75) is 12.5 Å². The molecule has 0 radical (unpaired) electrons. The number of aromatic hydroxyl groups is 1. The lowest BCUT2D eigenvalue weighted by atomic mass is 9.95. The molecule has 3 heterocycles. The van der Waals surface area contributed by atoms with E-state index in [-0.39, 0.29) is 35.7 Å². The van der Waals surface area contributed by atoms with Gasteiger partial charge in [0.05, 0.1) is 17.7 Å². The van der Waals surface area contributed by atoms with Gasteiger partial charge in [0.25, 0.3) is 0 Å². The van der Waals surface area contributed by atoms with E-state index in [0.29, 0.717) is 34.0 Å². The molecule has 33 heavy (non-hydrogen) atoms. The van der Waals surface area contributed by atoms with Crippen molar-refractivity contribution < 1.29 is 19.0 Å². The summed E-state index contributed by atoms with van der Waals surface area (Å²) in [5, 5.41) is 24.8.